The SMILES string of the molecule is COc1ccccc1S(=O)(=O)Nc1sc2c(c1C(C)=O)CCCC2. The summed E-state index contributed by atoms with van der Waals surface area (Å²) in [6, 6.07) is 6.44. The van der Waals surface area contributed by atoms with E-state index in [9.17, 15) is 13.2 Å². The Bertz CT molecular complexity index is 884. The summed E-state index contributed by atoms with van der Waals surface area (Å²) in [5.74, 6) is 0.169. The number of carbonyl (C=O) groups excluding carboxylic acids is 1. The zero-order valence-corrected chi connectivity index (χ0v) is 15.2. The average molecular weight is 365 g/mol. The topological polar surface area (TPSA) is 72.5 Å². The maximum absolute atomic E-state index is 12.8. The van der Waals surface area contributed by atoms with Gasteiger partial charge in [0.15, 0.2) is 5.78 Å². The van der Waals surface area contributed by atoms with Crippen LogP contribution in [-0.4, -0.2) is 21.3 Å². The Morgan fingerprint density at radius 3 is 2.62 bits per heavy atom. The zero-order valence-electron chi connectivity index (χ0n) is 13.6. The number of ketones is 1. The monoisotopic (exact) mass is 365 g/mol. The lowest BCUT2D eigenvalue weighted by atomic mass is 9.94. The van der Waals surface area contributed by atoms with E-state index in [1.165, 1.54) is 31.4 Å². The fourth-order valence-electron chi connectivity index (χ4n) is 3.03. The van der Waals surface area contributed by atoms with E-state index < -0.39 is 10.0 Å². The summed E-state index contributed by atoms with van der Waals surface area (Å²) in [4.78, 5) is 13.3. The van der Waals surface area contributed by atoms with Gasteiger partial charge >= 0.3 is 0 Å². The van der Waals surface area contributed by atoms with Crippen LogP contribution >= 0.6 is 11.3 Å². The van der Waals surface area contributed by atoms with E-state index in [-0.39, 0.29) is 16.4 Å². The first kappa shape index (κ1) is 17.0. The molecule has 1 N–H and O–H groups in total. The van der Waals surface area contributed by atoms with Gasteiger partial charge in [0.2, 0.25) is 0 Å². The van der Waals surface area contributed by atoms with Gasteiger partial charge < -0.3 is 4.74 Å². The van der Waals surface area contributed by atoms with Gasteiger partial charge in [-0.05, 0) is 50.3 Å². The van der Waals surface area contributed by atoms with Crippen LogP contribution in [0.3, 0.4) is 0 Å². The number of methoxy groups -OCH3 is 1. The quantitative estimate of drug-likeness (QED) is 0.821. The highest BCUT2D eigenvalue weighted by Crippen LogP contribution is 2.39. The predicted molar refractivity (Wildman–Crippen MR) is 94.8 cm³/mol. The normalized spacial score (nSPS) is 14.1. The second-order valence-electron chi connectivity index (χ2n) is 5.73. The van der Waals surface area contributed by atoms with E-state index in [1.807, 2.05) is 0 Å². The molecule has 5 nitrogen and oxygen atoms in total. The van der Waals surface area contributed by atoms with Gasteiger partial charge in [0.05, 0.1) is 12.7 Å². The van der Waals surface area contributed by atoms with Crippen LogP contribution in [-0.2, 0) is 22.9 Å². The van der Waals surface area contributed by atoms with E-state index in [1.54, 1.807) is 18.2 Å². The first-order valence-electron chi connectivity index (χ1n) is 7.75. The van der Waals surface area contributed by atoms with Crippen molar-refractivity contribution in [3.8, 4) is 5.75 Å². The highest BCUT2D eigenvalue weighted by molar-refractivity contribution is 7.93. The molecular formula is C17H19NO4S2. The summed E-state index contributed by atoms with van der Waals surface area (Å²) in [6.45, 7) is 1.48. The lowest BCUT2D eigenvalue weighted by molar-refractivity contribution is 0.101. The lowest BCUT2D eigenvalue weighted by Gasteiger charge is -2.12. The predicted octanol–water partition coefficient (Wildman–Crippen LogP) is 3.64. The van der Waals surface area contributed by atoms with Crippen molar-refractivity contribution in [2.24, 2.45) is 0 Å². The molecule has 3 rings (SSSR count). The molecule has 0 amide bonds. The van der Waals surface area contributed by atoms with Crippen molar-refractivity contribution in [1.29, 1.82) is 0 Å². The molecule has 0 spiro atoms. The number of thiophene rings is 1. The Morgan fingerprint density at radius 2 is 1.92 bits per heavy atom. The molecule has 0 fully saturated rings. The number of benzene rings is 1. The standard InChI is InChI=1S/C17H19NO4S2/c1-11(19)16-12-7-3-5-9-14(12)23-17(16)18-24(20,21)15-10-6-4-8-13(15)22-2/h4,6,8,10,18H,3,5,7,9H2,1-2H3. The number of aryl methyl sites for hydroxylation is 1. The number of fused-ring (bicyclic) bond motifs is 1. The van der Waals surface area contributed by atoms with Gasteiger partial charge in [-0.2, -0.15) is 0 Å². The van der Waals surface area contributed by atoms with Crippen LogP contribution in [0.5, 0.6) is 5.75 Å². The van der Waals surface area contributed by atoms with Gasteiger partial charge in [0.25, 0.3) is 10.0 Å². The average Bonchev–Trinajstić information content (AvgIpc) is 2.91. The Hall–Kier alpha value is -1.86. The number of rotatable bonds is 5. The number of para-hydroxylation sites is 1. The van der Waals surface area contributed by atoms with Gasteiger partial charge in [-0.3, -0.25) is 9.52 Å². The summed E-state index contributed by atoms with van der Waals surface area (Å²) in [5, 5.41) is 0.417. The Morgan fingerprint density at radius 1 is 1.21 bits per heavy atom. The largest absolute Gasteiger partial charge is 0.495 e. The Kier molecular flexibility index (Phi) is 4.64. The third kappa shape index (κ3) is 3.06. The van der Waals surface area contributed by atoms with Crippen molar-refractivity contribution in [2.75, 3.05) is 11.8 Å². The van der Waals surface area contributed by atoms with Crippen molar-refractivity contribution in [3.05, 3.63) is 40.3 Å². The highest BCUT2D eigenvalue weighted by Gasteiger charge is 2.27. The highest BCUT2D eigenvalue weighted by atomic mass is 32.2. The number of sulfonamides is 1. The fourth-order valence-corrected chi connectivity index (χ4v) is 5.84. The smallest absolute Gasteiger partial charge is 0.266 e. The van der Waals surface area contributed by atoms with E-state index in [0.29, 0.717) is 10.6 Å². The molecule has 0 aliphatic heterocycles. The summed E-state index contributed by atoms with van der Waals surface area (Å²) >= 11 is 1.37. The van der Waals surface area contributed by atoms with Gasteiger partial charge in [0, 0.05) is 4.88 Å². The van der Waals surface area contributed by atoms with Crippen molar-refractivity contribution in [2.45, 2.75) is 37.5 Å². The Labute approximate surface area is 145 Å². The third-order valence-electron chi connectivity index (χ3n) is 4.11. The number of Topliss-reactive ketones (excluding diaryl/α,β-unsaturated/α-hetero) is 1. The van der Waals surface area contributed by atoms with Gasteiger partial charge in [-0.1, -0.05) is 12.1 Å². The van der Waals surface area contributed by atoms with Crippen LogP contribution in [0.2, 0.25) is 0 Å². The maximum Gasteiger partial charge on any atom is 0.266 e. The molecular weight excluding hydrogens is 346 g/mol. The molecule has 0 bridgehead atoms. The van der Waals surface area contributed by atoms with Gasteiger partial charge in [0.1, 0.15) is 15.6 Å². The first-order valence-corrected chi connectivity index (χ1v) is 10.1. The zero-order chi connectivity index (χ0) is 17.3. The van der Waals surface area contributed by atoms with Crippen molar-refractivity contribution < 1.29 is 17.9 Å². The summed E-state index contributed by atoms with van der Waals surface area (Å²) < 4.78 is 33.3. The van der Waals surface area contributed by atoms with Crippen molar-refractivity contribution in [1.82, 2.24) is 0 Å². The van der Waals surface area contributed by atoms with E-state index in [0.717, 1.165) is 36.1 Å². The number of hydrogen-bond acceptors (Lipinski definition) is 5. The molecule has 0 unspecified atom stereocenters. The number of ether oxygens (including phenoxy) is 1. The molecule has 1 aromatic heterocycles. The minimum atomic E-state index is -3.83. The minimum Gasteiger partial charge on any atom is -0.495 e. The molecule has 2 aromatic rings. The molecule has 24 heavy (non-hydrogen) atoms. The van der Waals surface area contributed by atoms with Crippen LogP contribution in [0.25, 0.3) is 0 Å². The molecule has 0 radical (unpaired) electrons. The fraction of sp³-hybridized carbons (Fsp3) is 0.353. The van der Waals surface area contributed by atoms with Crippen LogP contribution in [0.1, 0.15) is 40.6 Å². The first-order chi connectivity index (χ1) is 11.4. The van der Waals surface area contributed by atoms with E-state index in [4.69, 9.17) is 4.74 Å². The number of anilines is 1. The van der Waals surface area contributed by atoms with Crippen LogP contribution in [0.15, 0.2) is 29.2 Å². The maximum atomic E-state index is 12.8. The van der Waals surface area contributed by atoms with Crippen LogP contribution < -0.4 is 9.46 Å². The van der Waals surface area contributed by atoms with E-state index >= 15 is 0 Å². The van der Waals surface area contributed by atoms with E-state index in [2.05, 4.69) is 4.72 Å². The van der Waals surface area contributed by atoms with Crippen molar-refractivity contribution >= 4 is 32.1 Å². The molecule has 1 heterocycles. The molecule has 1 aliphatic rings. The molecule has 0 atom stereocenters. The van der Waals surface area contributed by atoms with Gasteiger partial charge in [-0.25, -0.2) is 8.42 Å². The molecule has 7 heteroatoms. The summed E-state index contributed by atoms with van der Waals surface area (Å²) in [5.41, 5.74) is 1.53. The summed E-state index contributed by atoms with van der Waals surface area (Å²) in [7, 11) is -2.40. The molecule has 0 saturated carbocycles. The van der Waals surface area contributed by atoms with Crippen molar-refractivity contribution in [3.63, 3.8) is 0 Å². The number of hydrogen-bond donors (Lipinski definition) is 1. The number of carbonyl (C=O) groups is 1. The number of nitrogens with one attached hydrogen (secondary N) is 1. The third-order valence-corrected chi connectivity index (χ3v) is 6.83. The molecule has 1 aliphatic carbocycles. The lowest BCUT2D eigenvalue weighted by Crippen LogP contribution is -2.15. The summed E-state index contributed by atoms with van der Waals surface area (Å²) in [6.07, 6.45) is 3.83. The van der Waals surface area contributed by atoms with Crippen LogP contribution in [0.4, 0.5) is 5.00 Å². The second-order valence-corrected chi connectivity index (χ2v) is 8.48. The molecule has 0 saturated heterocycles. The Balaban J connectivity index is 2.05. The molecule has 128 valence electrons. The minimum absolute atomic E-state index is 0.0633. The second kappa shape index (κ2) is 6.57. The van der Waals surface area contributed by atoms with Crippen LogP contribution in [0, 0.1) is 0 Å². The molecule has 1 aromatic carbocycles. The van der Waals surface area contributed by atoms with Gasteiger partial charge in [-0.15, -0.1) is 11.3 Å².